The van der Waals surface area contributed by atoms with Crippen molar-refractivity contribution in [1.82, 2.24) is 15.2 Å². The summed E-state index contributed by atoms with van der Waals surface area (Å²) in [5.74, 6) is 0.765. The first-order valence-electron chi connectivity index (χ1n) is 5.23. The molecule has 0 saturated heterocycles. The van der Waals surface area contributed by atoms with Crippen LogP contribution in [0.5, 0.6) is 0 Å². The molecule has 16 heavy (non-hydrogen) atoms. The summed E-state index contributed by atoms with van der Waals surface area (Å²) < 4.78 is 0. The zero-order valence-corrected chi connectivity index (χ0v) is 9.22. The maximum Gasteiger partial charge on any atom is 0.151 e. The molecule has 0 unspecified atom stereocenters. The van der Waals surface area contributed by atoms with Gasteiger partial charge in [0.15, 0.2) is 5.82 Å². The third-order valence-electron chi connectivity index (χ3n) is 2.51. The molecule has 0 radical (unpaired) electrons. The minimum absolute atomic E-state index is 0.765. The number of hydrogen-bond acceptors (Lipinski definition) is 4. The molecule has 4 nitrogen and oxygen atoms in total. The van der Waals surface area contributed by atoms with E-state index in [1.165, 1.54) is 5.56 Å². The van der Waals surface area contributed by atoms with Crippen molar-refractivity contribution in [1.29, 1.82) is 0 Å². The van der Waals surface area contributed by atoms with Gasteiger partial charge in [-0.1, -0.05) is 12.1 Å². The summed E-state index contributed by atoms with van der Waals surface area (Å²) in [7, 11) is 0. The van der Waals surface area contributed by atoms with Crippen LogP contribution in [0.3, 0.4) is 0 Å². The normalized spacial score (nSPS) is 10.3. The van der Waals surface area contributed by atoms with Crippen LogP contribution in [0.1, 0.15) is 17.0 Å². The number of nitrogens with zero attached hydrogens (tertiary/aromatic N) is 3. The molecule has 4 heteroatoms. The number of nitrogen functional groups attached to an aromatic ring is 1. The van der Waals surface area contributed by atoms with Crippen LogP contribution in [0.25, 0.3) is 0 Å². The molecule has 0 aliphatic rings. The number of rotatable bonds is 3. The lowest BCUT2D eigenvalue weighted by Gasteiger charge is -2.04. The van der Waals surface area contributed by atoms with E-state index in [9.17, 15) is 0 Å². The van der Waals surface area contributed by atoms with Crippen LogP contribution >= 0.6 is 0 Å². The van der Waals surface area contributed by atoms with Crippen molar-refractivity contribution < 1.29 is 0 Å². The van der Waals surface area contributed by atoms with Gasteiger partial charge in [-0.05, 0) is 30.5 Å². The molecule has 2 aromatic rings. The highest BCUT2D eigenvalue weighted by molar-refractivity contribution is 5.48. The molecule has 0 fully saturated rings. The number of anilines is 1. The highest BCUT2D eigenvalue weighted by Gasteiger charge is 2.00. The molecule has 0 aliphatic carbocycles. The quantitative estimate of drug-likeness (QED) is 0.787. The van der Waals surface area contributed by atoms with Crippen LogP contribution in [-0.4, -0.2) is 15.2 Å². The Bertz CT molecular complexity index is 468. The topological polar surface area (TPSA) is 64.7 Å². The first kappa shape index (κ1) is 10.5. The summed E-state index contributed by atoms with van der Waals surface area (Å²) in [5, 5.41) is 7.73. The fourth-order valence-corrected chi connectivity index (χ4v) is 1.49. The molecular formula is C12H14N4. The van der Waals surface area contributed by atoms with Gasteiger partial charge in [-0.3, -0.25) is 0 Å². The molecule has 1 aromatic heterocycles. The van der Waals surface area contributed by atoms with Gasteiger partial charge < -0.3 is 5.73 Å². The van der Waals surface area contributed by atoms with Crippen molar-refractivity contribution in [2.75, 3.05) is 5.73 Å². The smallest absolute Gasteiger partial charge is 0.151 e. The summed E-state index contributed by atoms with van der Waals surface area (Å²) in [6.07, 6.45) is 4.91. The highest BCUT2D eigenvalue weighted by atomic mass is 15.1. The molecule has 0 atom stereocenters. The lowest BCUT2D eigenvalue weighted by Crippen LogP contribution is -2.00. The van der Waals surface area contributed by atoms with E-state index in [1.54, 1.807) is 12.4 Å². The second-order valence-electron chi connectivity index (χ2n) is 3.75. The van der Waals surface area contributed by atoms with Gasteiger partial charge in [0.05, 0.1) is 6.20 Å². The van der Waals surface area contributed by atoms with E-state index in [0.717, 1.165) is 29.9 Å². The Labute approximate surface area is 94.6 Å². The van der Waals surface area contributed by atoms with Crippen molar-refractivity contribution in [3.05, 3.63) is 47.5 Å². The second kappa shape index (κ2) is 4.70. The maximum atomic E-state index is 5.85. The Balaban J connectivity index is 2.03. The average molecular weight is 214 g/mol. The Kier molecular flexibility index (Phi) is 3.10. The Morgan fingerprint density at radius 2 is 2.06 bits per heavy atom. The van der Waals surface area contributed by atoms with Gasteiger partial charge in [0, 0.05) is 18.3 Å². The van der Waals surface area contributed by atoms with Crippen molar-refractivity contribution >= 4 is 5.69 Å². The van der Waals surface area contributed by atoms with E-state index in [0.29, 0.717) is 0 Å². The fraction of sp³-hybridized carbons (Fsp3) is 0.250. The van der Waals surface area contributed by atoms with Crippen molar-refractivity contribution in [3.63, 3.8) is 0 Å². The first-order chi connectivity index (χ1) is 7.75. The minimum Gasteiger partial charge on any atom is -0.399 e. The predicted molar refractivity (Wildman–Crippen MR) is 62.8 cm³/mol. The Morgan fingerprint density at radius 3 is 2.75 bits per heavy atom. The van der Waals surface area contributed by atoms with Crippen LogP contribution in [0, 0.1) is 6.92 Å². The average Bonchev–Trinajstić information content (AvgIpc) is 2.32. The van der Waals surface area contributed by atoms with Crippen LogP contribution in [-0.2, 0) is 12.8 Å². The summed E-state index contributed by atoms with van der Waals surface area (Å²) in [5.41, 5.74) is 9.00. The van der Waals surface area contributed by atoms with E-state index in [1.807, 2.05) is 19.1 Å². The SMILES string of the molecule is Cc1ccc(CCc2nccnn2)cc1N. The molecular weight excluding hydrogens is 200 g/mol. The molecule has 0 saturated carbocycles. The van der Waals surface area contributed by atoms with Crippen LogP contribution in [0.2, 0.25) is 0 Å². The lowest BCUT2D eigenvalue weighted by molar-refractivity contribution is 0.802. The standard InChI is InChI=1S/C12H14N4/c1-9-2-3-10(8-11(9)13)4-5-12-14-6-7-15-16-12/h2-3,6-8H,4-5,13H2,1H3. The van der Waals surface area contributed by atoms with E-state index < -0.39 is 0 Å². The molecule has 0 spiro atoms. The molecule has 2 N–H and O–H groups in total. The maximum absolute atomic E-state index is 5.85. The molecule has 0 bridgehead atoms. The zero-order valence-electron chi connectivity index (χ0n) is 9.22. The number of nitrogens with two attached hydrogens (primary N) is 1. The van der Waals surface area contributed by atoms with Crippen LogP contribution < -0.4 is 5.73 Å². The number of hydrogen-bond donors (Lipinski definition) is 1. The Hall–Kier alpha value is -1.97. The third kappa shape index (κ3) is 2.53. The summed E-state index contributed by atoms with van der Waals surface area (Å²) in [6, 6.07) is 6.13. The van der Waals surface area contributed by atoms with E-state index in [2.05, 4.69) is 21.2 Å². The van der Waals surface area contributed by atoms with Crippen LogP contribution in [0.4, 0.5) is 5.69 Å². The Morgan fingerprint density at radius 1 is 1.19 bits per heavy atom. The second-order valence-corrected chi connectivity index (χ2v) is 3.75. The lowest BCUT2D eigenvalue weighted by atomic mass is 10.1. The molecule has 1 aromatic carbocycles. The van der Waals surface area contributed by atoms with Crippen molar-refractivity contribution in [2.24, 2.45) is 0 Å². The minimum atomic E-state index is 0.765. The number of aryl methyl sites for hydroxylation is 3. The van der Waals surface area contributed by atoms with Gasteiger partial charge in [-0.25, -0.2) is 4.98 Å². The summed E-state index contributed by atoms with van der Waals surface area (Å²) in [4.78, 5) is 4.13. The third-order valence-corrected chi connectivity index (χ3v) is 2.51. The molecule has 0 amide bonds. The first-order valence-corrected chi connectivity index (χ1v) is 5.23. The molecule has 82 valence electrons. The predicted octanol–water partition coefficient (Wildman–Crippen LogP) is 1.55. The number of aromatic nitrogens is 3. The van der Waals surface area contributed by atoms with Gasteiger partial charge >= 0.3 is 0 Å². The fourth-order valence-electron chi connectivity index (χ4n) is 1.49. The van der Waals surface area contributed by atoms with Gasteiger partial charge in [0.2, 0.25) is 0 Å². The van der Waals surface area contributed by atoms with Gasteiger partial charge in [-0.2, -0.15) is 5.10 Å². The van der Waals surface area contributed by atoms with E-state index in [-0.39, 0.29) is 0 Å². The van der Waals surface area contributed by atoms with Gasteiger partial charge in [-0.15, -0.1) is 5.10 Å². The van der Waals surface area contributed by atoms with Crippen molar-refractivity contribution in [3.8, 4) is 0 Å². The monoisotopic (exact) mass is 214 g/mol. The summed E-state index contributed by atoms with van der Waals surface area (Å²) in [6.45, 7) is 2.00. The molecule has 1 heterocycles. The molecule has 2 rings (SSSR count). The van der Waals surface area contributed by atoms with E-state index >= 15 is 0 Å². The molecule has 0 aliphatic heterocycles. The largest absolute Gasteiger partial charge is 0.399 e. The highest BCUT2D eigenvalue weighted by Crippen LogP contribution is 2.14. The zero-order chi connectivity index (χ0) is 11.4. The van der Waals surface area contributed by atoms with Crippen molar-refractivity contribution in [2.45, 2.75) is 19.8 Å². The van der Waals surface area contributed by atoms with Gasteiger partial charge in [0.25, 0.3) is 0 Å². The van der Waals surface area contributed by atoms with Gasteiger partial charge in [0.1, 0.15) is 0 Å². The summed E-state index contributed by atoms with van der Waals surface area (Å²) >= 11 is 0. The van der Waals surface area contributed by atoms with E-state index in [4.69, 9.17) is 5.73 Å². The number of benzene rings is 1. The van der Waals surface area contributed by atoms with Crippen LogP contribution in [0.15, 0.2) is 30.6 Å².